The fourth-order valence-corrected chi connectivity index (χ4v) is 1.95. The second-order valence-electron chi connectivity index (χ2n) is 3.05. The van der Waals surface area contributed by atoms with Crippen LogP contribution in [-0.2, 0) is 6.42 Å². The standard InChI is InChI=1S/C8H13N5S/c1-6-12-13-7(14-6)2-3-9-8-10-4-5-11-8/h2-5H2,1H3,(H2,9,10,11). The molecule has 0 atom stereocenters. The maximum atomic E-state index is 4.23. The predicted molar refractivity (Wildman–Crippen MR) is 56.7 cm³/mol. The number of nitrogens with zero attached hydrogens (tertiary/aromatic N) is 3. The van der Waals surface area contributed by atoms with Crippen LogP contribution in [0.5, 0.6) is 0 Å². The molecule has 1 aliphatic heterocycles. The van der Waals surface area contributed by atoms with E-state index in [1.807, 2.05) is 6.92 Å². The van der Waals surface area contributed by atoms with Gasteiger partial charge in [0.1, 0.15) is 10.0 Å². The van der Waals surface area contributed by atoms with Crippen molar-refractivity contribution in [3.63, 3.8) is 0 Å². The van der Waals surface area contributed by atoms with E-state index >= 15 is 0 Å². The summed E-state index contributed by atoms with van der Waals surface area (Å²) in [6, 6.07) is 0. The summed E-state index contributed by atoms with van der Waals surface area (Å²) in [7, 11) is 0. The zero-order valence-corrected chi connectivity index (χ0v) is 8.89. The highest BCUT2D eigenvalue weighted by Gasteiger charge is 2.04. The molecule has 0 saturated heterocycles. The molecule has 0 aliphatic carbocycles. The van der Waals surface area contributed by atoms with E-state index in [0.717, 1.165) is 42.0 Å². The highest BCUT2D eigenvalue weighted by Crippen LogP contribution is 2.07. The van der Waals surface area contributed by atoms with Gasteiger partial charge >= 0.3 is 0 Å². The van der Waals surface area contributed by atoms with Crippen molar-refractivity contribution in [2.45, 2.75) is 13.3 Å². The van der Waals surface area contributed by atoms with E-state index in [4.69, 9.17) is 0 Å². The third-order valence-corrected chi connectivity index (χ3v) is 2.77. The molecule has 0 aromatic carbocycles. The van der Waals surface area contributed by atoms with E-state index in [1.165, 1.54) is 0 Å². The van der Waals surface area contributed by atoms with Crippen LogP contribution >= 0.6 is 11.3 Å². The highest BCUT2D eigenvalue weighted by atomic mass is 32.1. The molecular weight excluding hydrogens is 198 g/mol. The van der Waals surface area contributed by atoms with Gasteiger partial charge in [0.05, 0.1) is 6.54 Å². The van der Waals surface area contributed by atoms with Gasteiger partial charge in [-0.25, -0.2) is 0 Å². The summed E-state index contributed by atoms with van der Waals surface area (Å²) in [5.74, 6) is 0.909. The number of hydrogen-bond acceptors (Lipinski definition) is 6. The summed E-state index contributed by atoms with van der Waals surface area (Å²) < 4.78 is 0. The lowest BCUT2D eigenvalue weighted by Crippen LogP contribution is -2.34. The lowest BCUT2D eigenvalue weighted by Gasteiger charge is -2.03. The summed E-state index contributed by atoms with van der Waals surface area (Å²) >= 11 is 1.65. The Hall–Kier alpha value is -1.17. The Kier molecular flexibility index (Phi) is 2.93. The average Bonchev–Trinajstić information content (AvgIpc) is 2.77. The molecule has 0 radical (unpaired) electrons. The molecule has 2 rings (SSSR count). The smallest absolute Gasteiger partial charge is 0.191 e. The molecule has 14 heavy (non-hydrogen) atoms. The minimum absolute atomic E-state index is 0.862. The molecule has 0 amide bonds. The second kappa shape index (κ2) is 4.36. The fourth-order valence-electron chi connectivity index (χ4n) is 1.24. The maximum absolute atomic E-state index is 4.23. The van der Waals surface area contributed by atoms with Gasteiger partial charge in [-0.1, -0.05) is 0 Å². The van der Waals surface area contributed by atoms with Crippen LogP contribution in [0.3, 0.4) is 0 Å². The van der Waals surface area contributed by atoms with Crippen molar-refractivity contribution in [3.8, 4) is 0 Å². The van der Waals surface area contributed by atoms with Gasteiger partial charge in [0.2, 0.25) is 0 Å². The van der Waals surface area contributed by atoms with Crippen LogP contribution in [0, 0.1) is 6.92 Å². The van der Waals surface area contributed by atoms with Crippen LogP contribution in [0.2, 0.25) is 0 Å². The van der Waals surface area contributed by atoms with Crippen molar-refractivity contribution in [3.05, 3.63) is 10.0 Å². The molecule has 2 heterocycles. The largest absolute Gasteiger partial charge is 0.356 e. The van der Waals surface area contributed by atoms with Crippen molar-refractivity contribution < 1.29 is 0 Å². The maximum Gasteiger partial charge on any atom is 0.191 e. The number of nitrogens with one attached hydrogen (secondary N) is 2. The Balaban J connectivity index is 1.72. The van der Waals surface area contributed by atoms with Gasteiger partial charge in [-0.3, -0.25) is 4.99 Å². The molecule has 76 valence electrons. The molecule has 0 fully saturated rings. The van der Waals surface area contributed by atoms with Crippen molar-refractivity contribution in [2.75, 3.05) is 19.6 Å². The Labute approximate surface area is 86.7 Å². The first-order valence-corrected chi connectivity index (χ1v) is 5.47. The van der Waals surface area contributed by atoms with E-state index < -0.39 is 0 Å². The first-order valence-electron chi connectivity index (χ1n) is 4.66. The SMILES string of the molecule is Cc1nnc(CCNC2=NCCN2)s1. The number of aromatic nitrogens is 2. The first-order chi connectivity index (χ1) is 6.84. The second-order valence-corrected chi connectivity index (χ2v) is 4.31. The third kappa shape index (κ3) is 2.41. The minimum atomic E-state index is 0.862. The number of aliphatic imine (C=N–C) groups is 1. The Morgan fingerprint density at radius 1 is 1.50 bits per heavy atom. The fraction of sp³-hybridized carbons (Fsp3) is 0.625. The lowest BCUT2D eigenvalue weighted by atomic mass is 10.4. The molecule has 1 aliphatic rings. The predicted octanol–water partition coefficient (Wildman–Crippen LogP) is -0.0622. The summed E-state index contributed by atoms with van der Waals surface area (Å²) in [4.78, 5) is 4.23. The Morgan fingerprint density at radius 3 is 3.07 bits per heavy atom. The van der Waals surface area contributed by atoms with Gasteiger partial charge in [0.15, 0.2) is 5.96 Å². The van der Waals surface area contributed by atoms with Crippen molar-refractivity contribution in [2.24, 2.45) is 4.99 Å². The van der Waals surface area contributed by atoms with Gasteiger partial charge in [-0.15, -0.1) is 21.5 Å². The van der Waals surface area contributed by atoms with Crippen molar-refractivity contribution in [1.82, 2.24) is 20.8 Å². The summed E-state index contributed by atoms with van der Waals surface area (Å²) in [5.41, 5.74) is 0. The highest BCUT2D eigenvalue weighted by molar-refractivity contribution is 7.11. The summed E-state index contributed by atoms with van der Waals surface area (Å²) in [5, 5.41) is 16.5. The normalized spacial score (nSPS) is 15.1. The number of aryl methyl sites for hydroxylation is 1. The van der Waals surface area contributed by atoms with E-state index in [9.17, 15) is 0 Å². The Morgan fingerprint density at radius 2 is 2.43 bits per heavy atom. The molecule has 2 N–H and O–H groups in total. The number of hydrogen-bond donors (Lipinski definition) is 2. The molecule has 6 heteroatoms. The van der Waals surface area contributed by atoms with E-state index in [1.54, 1.807) is 11.3 Å². The van der Waals surface area contributed by atoms with Crippen LogP contribution < -0.4 is 10.6 Å². The molecule has 0 bridgehead atoms. The zero-order valence-electron chi connectivity index (χ0n) is 8.08. The molecular formula is C8H13N5S. The summed E-state index contributed by atoms with van der Waals surface area (Å²) in [6.07, 6.45) is 0.909. The molecule has 1 aromatic heterocycles. The molecule has 1 aromatic rings. The van der Waals surface area contributed by atoms with Gasteiger partial charge in [0, 0.05) is 19.5 Å². The quantitative estimate of drug-likeness (QED) is 0.735. The van der Waals surface area contributed by atoms with Crippen LogP contribution in [0.4, 0.5) is 0 Å². The van der Waals surface area contributed by atoms with Gasteiger partial charge in [-0.05, 0) is 6.92 Å². The number of guanidine groups is 1. The van der Waals surface area contributed by atoms with Crippen LogP contribution in [-0.4, -0.2) is 35.8 Å². The molecule has 0 spiro atoms. The van der Waals surface area contributed by atoms with Crippen LogP contribution in [0.15, 0.2) is 4.99 Å². The number of rotatable bonds is 3. The minimum Gasteiger partial charge on any atom is -0.356 e. The average molecular weight is 211 g/mol. The van der Waals surface area contributed by atoms with Crippen LogP contribution in [0.1, 0.15) is 10.0 Å². The van der Waals surface area contributed by atoms with Crippen molar-refractivity contribution >= 4 is 17.3 Å². The molecule has 5 nitrogen and oxygen atoms in total. The van der Waals surface area contributed by atoms with Gasteiger partial charge < -0.3 is 10.6 Å². The third-order valence-electron chi connectivity index (χ3n) is 1.87. The van der Waals surface area contributed by atoms with Crippen molar-refractivity contribution in [1.29, 1.82) is 0 Å². The lowest BCUT2D eigenvalue weighted by molar-refractivity contribution is 0.819. The topological polar surface area (TPSA) is 62.2 Å². The van der Waals surface area contributed by atoms with Gasteiger partial charge in [-0.2, -0.15) is 0 Å². The van der Waals surface area contributed by atoms with E-state index in [-0.39, 0.29) is 0 Å². The van der Waals surface area contributed by atoms with E-state index in [0.29, 0.717) is 0 Å². The zero-order chi connectivity index (χ0) is 9.80. The van der Waals surface area contributed by atoms with Crippen LogP contribution in [0.25, 0.3) is 0 Å². The molecule has 0 unspecified atom stereocenters. The van der Waals surface area contributed by atoms with E-state index in [2.05, 4.69) is 25.8 Å². The van der Waals surface area contributed by atoms with Gasteiger partial charge in [0.25, 0.3) is 0 Å². The monoisotopic (exact) mass is 211 g/mol. The summed E-state index contributed by atoms with van der Waals surface area (Å²) in [6.45, 7) is 4.65. The first kappa shape index (κ1) is 9.39. The Bertz CT molecular complexity index is 332. The molecule has 0 saturated carbocycles.